The van der Waals surface area contributed by atoms with E-state index in [0.717, 1.165) is 28.5 Å². The normalized spacial score (nSPS) is 14.7. The Morgan fingerprint density at radius 1 is 1.00 bits per heavy atom. The summed E-state index contributed by atoms with van der Waals surface area (Å²) in [5.41, 5.74) is 1.89. The van der Waals surface area contributed by atoms with Gasteiger partial charge in [-0.05, 0) is 70.2 Å². The molecule has 2 heterocycles. The van der Waals surface area contributed by atoms with E-state index >= 15 is 0 Å². The van der Waals surface area contributed by atoms with E-state index in [0.29, 0.717) is 5.57 Å². The smallest absolute Gasteiger partial charge is 0.172 e. The van der Waals surface area contributed by atoms with Crippen molar-refractivity contribution in [3.05, 3.63) is 74.7 Å². The molecule has 0 radical (unpaired) electrons. The molecule has 0 N–H and O–H groups in total. The lowest BCUT2D eigenvalue weighted by Crippen LogP contribution is -2.21. The lowest BCUT2D eigenvalue weighted by Gasteiger charge is -2.20. The zero-order valence-electron chi connectivity index (χ0n) is 19.7. The minimum Gasteiger partial charge on any atom is -0.480 e. The predicted molar refractivity (Wildman–Crippen MR) is 137 cm³/mol. The zero-order chi connectivity index (χ0) is 24.7. The van der Waals surface area contributed by atoms with Crippen molar-refractivity contribution >= 4 is 35.0 Å². The minimum atomic E-state index is -0.825. The van der Waals surface area contributed by atoms with Crippen LogP contribution in [0.3, 0.4) is 0 Å². The number of thiophene rings is 1. The molecule has 2 aromatic rings. The van der Waals surface area contributed by atoms with Crippen molar-refractivity contribution < 1.29 is 4.74 Å². The number of nitrogens with zero attached hydrogens (tertiary/aromatic N) is 5. The van der Waals surface area contributed by atoms with Crippen LogP contribution in [0, 0.1) is 34.0 Å². The number of rotatable bonds is 7. The van der Waals surface area contributed by atoms with E-state index < -0.39 is 5.60 Å². The van der Waals surface area contributed by atoms with Crippen molar-refractivity contribution in [3.8, 4) is 18.2 Å². The fourth-order valence-electron chi connectivity index (χ4n) is 3.65. The van der Waals surface area contributed by atoms with E-state index in [1.165, 1.54) is 5.69 Å². The highest BCUT2D eigenvalue weighted by Gasteiger charge is 2.38. The highest BCUT2D eigenvalue weighted by molar-refractivity contribution is 7.14. The van der Waals surface area contributed by atoms with E-state index in [9.17, 15) is 15.8 Å². The van der Waals surface area contributed by atoms with Crippen LogP contribution in [0.4, 0.5) is 11.4 Å². The fraction of sp³-hybridized carbons (Fsp3) is 0.259. The number of aliphatic imine (C=N–C) groups is 1. The fourth-order valence-corrected chi connectivity index (χ4v) is 4.44. The van der Waals surface area contributed by atoms with Crippen LogP contribution >= 0.6 is 11.3 Å². The Morgan fingerprint density at radius 3 is 2.24 bits per heavy atom. The molecule has 3 rings (SSSR count). The molecular formula is C27H25N5OS. The molecule has 34 heavy (non-hydrogen) atoms. The Bertz CT molecular complexity index is 1280. The molecule has 170 valence electrons. The van der Waals surface area contributed by atoms with E-state index in [-0.39, 0.29) is 16.9 Å². The van der Waals surface area contributed by atoms with Crippen LogP contribution in [-0.4, -0.2) is 24.9 Å². The van der Waals surface area contributed by atoms with Crippen molar-refractivity contribution in [3.63, 3.8) is 0 Å². The van der Waals surface area contributed by atoms with Gasteiger partial charge in [0.05, 0.1) is 5.69 Å². The van der Waals surface area contributed by atoms with Crippen LogP contribution in [0.15, 0.2) is 69.9 Å². The summed E-state index contributed by atoms with van der Waals surface area (Å²) < 4.78 is 5.79. The maximum absolute atomic E-state index is 9.64. The van der Waals surface area contributed by atoms with Gasteiger partial charge < -0.3 is 9.64 Å². The molecule has 0 bridgehead atoms. The molecule has 0 amide bonds. The van der Waals surface area contributed by atoms with Crippen LogP contribution in [0.5, 0.6) is 0 Å². The summed E-state index contributed by atoms with van der Waals surface area (Å²) in [7, 11) is 0. The predicted octanol–water partition coefficient (Wildman–Crippen LogP) is 6.29. The maximum atomic E-state index is 9.64. The Morgan fingerprint density at radius 2 is 1.65 bits per heavy atom. The van der Waals surface area contributed by atoms with Gasteiger partial charge in [0.15, 0.2) is 11.3 Å². The van der Waals surface area contributed by atoms with Gasteiger partial charge >= 0.3 is 0 Å². The lowest BCUT2D eigenvalue weighted by atomic mass is 9.94. The van der Waals surface area contributed by atoms with Gasteiger partial charge in [0.2, 0.25) is 0 Å². The van der Waals surface area contributed by atoms with Crippen LogP contribution in [0.1, 0.15) is 37.4 Å². The monoisotopic (exact) mass is 467 g/mol. The van der Waals surface area contributed by atoms with Crippen LogP contribution in [0.25, 0.3) is 6.08 Å². The van der Waals surface area contributed by atoms with Crippen molar-refractivity contribution in [2.24, 2.45) is 4.99 Å². The number of anilines is 1. The Balaban J connectivity index is 1.79. The van der Waals surface area contributed by atoms with Gasteiger partial charge in [-0.15, -0.1) is 11.3 Å². The van der Waals surface area contributed by atoms with Gasteiger partial charge in [-0.2, -0.15) is 15.8 Å². The average Bonchev–Trinajstić information content (AvgIpc) is 3.39. The SMILES string of the molecule is CCN(CC)c1ccc(N=Cc2ccc(/C=C/C3=C(C#N)C(=C(C#N)C#N)OC3(C)C)s2)cc1. The number of ether oxygens (including phenoxy) is 1. The van der Waals surface area contributed by atoms with Crippen LogP contribution in [-0.2, 0) is 4.74 Å². The molecule has 6 nitrogen and oxygen atoms in total. The van der Waals surface area contributed by atoms with E-state index in [4.69, 9.17) is 4.74 Å². The summed E-state index contributed by atoms with van der Waals surface area (Å²) in [6.07, 6.45) is 5.56. The highest BCUT2D eigenvalue weighted by Crippen LogP contribution is 2.40. The largest absolute Gasteiger partial charge is 0.480 e. The second-order valence-electron chi connectivity index (χ2n) is 7.96. The zero-order valence-corrected chi connectivity index (χ0v) is 20.5. The van der Waals surface area contributed by atoms with Gasteiger partial charge in [0, 0.05) is 40.3 Å². The second-order valence-corrected chi connectivity index (χ2v) is 9.11. The Kier molecular flexibility index (Phi) is 7.69. The highest BCUT2D eigenvalue weighted by atomic mass is 32.1. The number of hydrogen-bond acceptors (Lipinski definition) is 7. The van der Waals surface area contributed by atoms with Crippen molar-refractivity contribution in [2.75, 3.05) is 18.0 Å². The summed E-state index contributed by atoms with van der Waals surface area (Å²) in [4.78, 5) is 8.85. The topological polar surface area (TPSA) is 96.2 Å². The van der Waals surface area contributed by atoms with Gasteiger partial charge in [-0.3, -0.25) is 4.99 Å². The van der Waals surface area contributed by atoms with Crippen LogP contribution < -0.4 is 4.90 Å². The molecule has 0 spiro atoms. The molecule has 1 aromatic heterocycles. The molecule has 0 saturated carbocycles. The second kappa shape index (κ2) is 10.7. The van der Waals surface area contributed by atoms with Crippen molar-refractivity contribution in [1.29, 1.82) is 15.8 Å². The van der Waals surface area contributed by atoms with E-state index in [2.05, 4.69) is 41.9 Å². The third-order valence-electron chi connectivity index (χ3n) is 5.45. The third kappa shape index (κ3) is 5.26. The van der Waals surface area contributed by atoms with Crippen LogP contribution in [0.2, 0.25) is 0 Å². The standard InChI is InChI=1S/C27H25N5OS/c1-5-32(6-2)21-9-7-20(8-10-21)31-18-23-12-11-22(34-23)13-14-25-24(17-30)26(19(15-28)16-29)33-27(25,3)4/h7-14,18H,5-6H2,1-4H3/b14-13+,31-18?. The molecule has 0 aliphatic carbocycles. The average molecular weight is 468 g/mol. The Hall–Kier alpha value is -4.12. The van der Waals surface area contributed by atoms with Gasteiger partial charge in [-0.25, -0.2) is 0 Å². The summed E-state index contributed by atoms with van der Waals surface area (Å²) in [5, 5.41) is 28.0. The third-order valence-corrected chi connectivity index (χ3v) is 6.43. The number of hydrogen-bond donors (Lipinski definition) is 0. The molecular weight excluding hydrogens is 442 g/mol. The van der Waals surface area contributed by atoms with E-state index in [1.54, 1.807) is 37.3 Å². The van der Waals surface area contributed by atoms with Gasteiger partial charge in [-0.1, -0.05) is 6.08 Å². The first-order valence-corrected chi connectivity index (χ1v) is 11.7. The lowest BCUT2D eigenvalue weighted by molar-refractivity contribution is 0.0954. The number of benzene rings is 1. The van der Waals surface area contributed by atoms with E-state index in [1.807, 2.05) is 42.6 Å². The molecule has 0 fully saturated rings. The molecule has 0 atom stereocenters. The first kappa shape index (κ1) is 24.5. The molecule has 0 saturated heterocycles. The summed E-state index contributed by atoms with van der Waals surface area (Å²) in [5.74, 6) is 0.0446. The van der Waals surface area contributed by atoms with Crippen molar-refractivity contribution in [1.82, 2.24) is 0 Å². The summed E-state index contributed by atoms with van der Waals surface area (Å²) in [6, 6.07) is 17.9. The first-order valence-electron chi connectivity index (χ1n) is 10.9. The molecule has 1 aromatic carbocycles. The molecule has 7 heteroatoms. The first-order chi connectivity index (χ1) is 16.4. The van der Waals surface area contributed by atoms with Gasteiger partial charge in [0.25, 0.3) is 0 Å². The van der Waals surface area contributed by atoms with Gasteiger partial charge in [0.1, 0.15) is 29.4 Å². The number of nitriles is 3. The quantitative estimate of drug-likeness (QED) is 0.352. The minimum absolute atomic E-state index is 0.0446. The summed E-state index contributed by atoms with van der Waals surface area (Å²) in [6.45, 7) is 9.83. The molecule has 1 aliphatic heterocycles. The number of allylic oxidation sites excluding steroid dienone is 2. The Labute approximate surface area is 204 Å². The maximum Gasteiger partial charge on any atom is 0.172 e. The molecule has 0 unspecified atom stereocenters. The molecule has 1 aliphatic rings. The summed E-state index contributed by atoms with van der Waals surface area (Å²) >= 11 is 1.57. The van der Waals surface area contributed by atoms with Crippen molar-refractivity contribution in [2.45, 2.75) is 33.3 Å².